The summed E-state index contributed by atoms with van der Waals surface area (Å²) in [5, 5.41) is 11.0. The van der Waals surface area contributed by atoms with Gasteiger partial charge in [0.15, 0.2) is 6.10 Å². The minimum absolute atomic E-state index is 0.0148. The topological polar surface area (TPSA) is 84.1 Å². The van der Waals surface area contributed by atoms with Crippen molar-refractivity contribution in [1.82, 2.24) is 9.36 Å². The zero-order chi connectivity index (χ0) is 10.8. The number of nitrogen functional groups attached to an aromatic ring is 1. The number of hydrogen-bond donors (Lipinski definition) is 3. The number of rotatable bonds is 3. The normalized spacial score (nSPS) is 14.0. The monoisotopic (exact) mass is 228 g/mol. The molecule has 1 unspecified atom stereocenters. The van der Waals surface area contributed by atoms with Gasteiger partial charge >= 0.3 is 6.18 Å². The first kappa shape index (κ1) is 11.0. The van der Waals surface area contributed by atoms with Crippen LogP contribution in [0.4, 0.5) is 24.3 Å². The van der Waals surface area contributed by atoms with Gasteiger partial charge in [0.05, 0.1) is 6.54 Å². The molecule has 0 fully saturated rings. The summed E-state index contributed by atoms with van der Waals surface area (Å²) in [5.41, 5.74) is 5.13. The van der Waals surface area contributed by atoms with Gasteiger partial charge in [0.25, 0.3) is 0 Å². The summed E-state index contributed by atoms with van der Waals surface area (Å²) in [5.74, 6) is -0.0148. The Morgan fingerprint density at radius 1 is 1.57 bits per heavy atom. The van der Waals surface area contributed by atoms with Crippen molar-refractivity contribution in [3.8, 4) is 0 Å². The Morgan fingerprint density at radius 2 is 2.21 bits per heavy atom. The van der Waals surface area contributed by atoms with Gasteiger partial charge in [-0.15, -0.1) is 0 Å². The van der Waals surface area contributed by atoms with Crippen LogP contribution in [0.2, 0.25) is 0 Å². The average Bonchev–Trinajstić information content (AvgIpc) is 2.45. The van der Waals surface area contributed by atoms with Gasteiger partial charge in [-0.3, -0.25) is 0 Å². The van der Waals surface area contributed by atoms with Crippen molar-refractivity contribution in [1.29, 1.82) is 0 Å². The summed E-state index contributed by atoms with van der Waals surface area (Å²) < 4.78 is 39.0. The molecule has 80 valence electrons. The molecule has 9 heteroatoms. The molecule has 0 aliphatic carbocycles. The highest BCUT2D eigenvalue weighted by Crippen LogP contribution is 2.20. The molecule has 0 spiro atoms. The van der Waals surface area contributed by atoms with Crippen LogP contribution in [0.25, 0.3) is 0 Å². The van der Waals surface area contributed by atoms with Gasteiger partial charge in [0.1, 0.15) is 0 Å². The second kappa shape index (κ2) is 3.96. The van der Waals surface area contributed by atoms with Crippen molar-refractivity contribution >= 4 is 22.6 Å². The SMILES string of the molecule is Nc1nsc(NCC(O)C(F)(F)F)n1. The summed E-state index contributed by atoms with van der Waals surface area (Å²) in [6.45, 7) is -0.669. The van der Waals surface area contributed by atoms with E-state index in [9.17, 15) is 13.2 Å². The molecule has 0 aliphatic rings. The van der Waals surface area contributed by atoms with Gasteiger partial charge in [-0.1, -0.05) is 0 Å². The third kappa shape index (κ3) is 3.00. The molecule has 0 radical (unpaired) electrons. The fourth-order valence-electron chi connectivity index (χ4n) is 0.606. The van der Waals surface area contributed by atoms with Gasteiger partial charge in [0, 0.05) is 11.5 Å². The maximum atomic E-state index is 11.8. The minimum atomic E-state index is -4.64. The van der Waals surface area contributed by atoms with E-state index in [-0.39, 0.29) is 11.1 Å². The van der Waals surface area contributed by atoms with Crippen LogP contribution in [0.3, 0.4) is 0 Å². The molecule has 0 bridgehead atoms. The van der Waals surface area contributed by atoms with Gasteiger partial charge in [-0.25, -0.2) is 0 Å². The molecule has 0 aromatic carbocycles. The molecule has 0 aliphatic heterocycles. The lowest BCUT2D eigenvalue weighted by Crippen LogP contribution is -2.34. The maximum absolute atomic E-state index is 11.8. The van der Waals surface area contributed by atoms with Crippen LogP contribution in [0.5, 0.6) is 0 Å². The zero-order valence-electron chi connectivity index (χ0n) is 6.75. The quantitative estimate of drug-likeness (QED) is 0.699. The molecular weight excluding hydrogens is 221 g/mol. The standard InChI is InChI=1S/C5H7F3N4OS/c6-5(7,8)2(13)1-10-4-11-3(9)12-14-4/h2,13H,1H2,(H3,9,10,11,12). The number of alkyl halides is 3. The molecule has 1 aromatic heterocycles. The van der Waals surface area contributed by atoms with E-state index < -0.39 is 18.8 Å². The lowest BCUT2D eigenvalue weighted by Gasteiger charge is -2.13. The first-order valence-electron chi connectivity index (χ1n) is 3.47. The molecule has 1 heterocycles. The Morgan fingerprint density at radius 3 is 2.64 bits per heavy atom. The zero-order valence-corrected chi connectivity index (χ0v) is 7.56. The van der Waals surface area contributed by atoms with Crippen LogP contribution in [0.1, 0.15) is 0 Å². The van der Waals surface area contributed by atoms with E-state index >= 15 is 0 Å². The largest absolute Gasteiger partial charge is 0.416 e. The smallest absolute Gasteiger partial charge is 0.382 e. The molecule has 1 atom stereocenters. The van der Waals surface area contributed by atoms with Gasteiger partial charge in [0.2, 0.25) is 11.1 Å². The van der Waals surface area contributed by atoms with Crippen molar-refractivity contribution < 1.29 is 18.3 Å². The van der Waals surface area contributed by atoms with E-state index in [0.717, 1.165) is 11.5 Å². The third-order valence-corrected chi connectivity index (χ3v) is 1.95. The Labute approximate surface area is 80.9 Å². The molecule has 5 nitrogen and oxygen atoms in total. The van der Waals surface area contributed by atoms with E-state index in [0.29, 0.717) is 0 Å². The number of aromatic nitrogens is 2. The number of nitrogens with zero attached hydrogens (tertiary/aromatic N) is 2. The molecule has 4 N–H and O–H groups in total. The van der Waals surface area contributed by atoms with Crippen LogP contribution in [0, 0.1) is 0 Å². The van der Waals surface area contributed by atoms with Crippen LogP contribution in [-0.2, 0) is 0 Å². The van der Waals surface area contributed by atoms with Crippen molar-refractivity contribution in [2.75, 3.05) is 17.6 Å². The molecule has 0 amide bonds. The summed E-state index contributed by atoms with van der Waals surface area (Å²) in [6.07, 6.45) is -7.06. The number of hydrogen-bond acceptors (Lipinski definition) is 6. The lowest BCUT2D eigenvalue weighted by atomic mass is 10.3. The first-order valence-corrected chi connectivity index (χ1v) is 4.25. The summed E-state index contributed by atoms with van der Waals surface area (Å²) >= 11 is 0.826. The van der Waals surface area contributed by atoms with E-state index in [1.165, 1.54) is 0 Å². The highest BCUT2D eigenvalue weighted by Gasteiger charge is 2.37. The molecule has 1 aromatic rings. The number of aliphatic hydroxyl groups is 1. The molecule has 14 heavy (non-hydrogen) atoms. The van der Waals surface area contributed by atoms with E-state index in [1.54, 1.807) is 0 Å². The summed E-state index contributed by atoms with van der Waals surface area (Å²) in [7, 11) is 0. The number of halogens is 3. The molecule has 0 saturated carbocycles. The minimum Gasteiger partial charge on any atom is -0.382 e. The molecule has 1 rings (SSSR count). The lowest BCUT2D eigenvalue weighted by molar-refractivity contribution is -0.198. The van der Waals surface area contributed by atoms with Crippen molar-refractivity contribution in [3.05, 3.63) is 0 Å². The first-order chi connectivity index (χ1) is 6.39. The van der Waals surface area contributed by atoms with Crippen LogP contribution < -0.4 is 11.1 Å². The molecular formula is C5H7F3N4OS. The summed E-state index contributed by atoms with van der Waals surface area (Å²) in [4.78, 5) is 3.56. The third-order valence-electron chi connectivity index (χ3n) is 1.27. The Kier molecular flexibility index (Phi) is 3.11. The van der Waals surface area contributed by atoms with Crippen molar-refractivity contribution in [2.45, 2.75) is 12.3 Å². The number of anilines is 2. The second-order valence-corrected chi connectivity index (χ2v) is 3.15. The Hall–Kier alpha value is -1.09. The van der Waals surface area contributed by atoms with E-state index in [1.807, 2.05) is 0 Å². The number of aliphatic hydroxyl groups excluding tert-OH is 1. The predicted molar refractivity (Wildman–Crippen MR) is 44.9 cm³/mol. The van der Waals surface area contributed by atoms with Crippen LogP contribution in [-0.4, -0.2) is 33.3 Å². The van der Waals surface area contributed by atoms with E-state index in [2.05, 4.69) is 14.7 Å². The van der Waals surface area contributed by atoms with Crippen LogP contribution in [0.15, 0.2) is 0 Å². The van der Waals surface area contributed by atoms with E-state index in [4.69, 9.17) is 10.8 Å². The maximum Gasteiger partial charge on any atom is 0.416 e. The van der Waals surface area contributed by atoms with Gasteiger partial charge in [-0.05, 0) is 0 Å². The second-order valence-electron chi connectivity index (χ2n) is 2.40. The van der Waals surface area contributed by atoms with Crippen LogP contribution >= 0.6 is 11.5 Å². The number of nitrogens with one attached hydrogen (secondary N) is 1. The fourth-order valence-corrected chi connectivity index (χ4v) is 1.11. The number of nitrogens with two attached hydrogens (primary N) is 1. The van der Waals surface area contributed by atoms with Gasteiger partial charge < -0.3 is 16.2 Å². The highest BCUT2D eigenvalue weighted by molar-refractivity contribution is 7.09. The Balaban J connectivity index is 2.41. The van der Waals surface area contributed by atoms with Crippen molar-refractivity contribution in [2.24, 2.45) is 0 Å². The highest BCUT2D eigenvalue weighted by atomic mass is 32.1. The Bertz CT molecular complexity index is 301. The average molecular weight is 228 g/mol. The fraction of sp³-hybridized carbons (Fsp3) is 0.600. The van der Waals surface area contributed by atoms with Crippen molar-refractivity contribution in [3.63, 3.8) is 0 Å². The summed E-state index contributed by atoms with van der Waals surface area (Å²) in [6, 6.07) is 0. The predicted octanol–water partition coefficient (Wildman–Crippen LogP) is 0.455. The van der Waals surface area contributed by atoms with Gasteiger partial charge in [-0.2, -0.15) is 22.5 Å². The molecule has 0 saturated heterocycles.